The second kappa shape index (κ2) is 7.09. The second-order valence-corrected chi connectivity index (χ2v) is 6.11. The highest BCUT2D eigenvalue weighted by molar-refractivity contribution is 4.98. The third kappa shape index (κ3) is 8.72. The van der Waals surface area contributed by atoms with Crippen LogP contribution in [0.15, 0.2) is 12.2 Å². The van der Waals surface area contributed by atoms with Crippen LogP contribution in [-0.2, 0) is 0 Å². The molecule has 0 saturated carbocycles. The van der Waals surface area contributed by atoms with Crippen molar-refractivity contribution in [3.8, 4) is 0 Å². The fourth-order valence-corrected chi connectivity index (χ4v) is 2.17. The number of rotatable bonds is 7. The van der Waals surface area contributed by atoms with Gasteiger partial charge in [0.25, 0.3) is 0 Å². The van der Waals surface area contributed by atoms with Gasteiger partial charge in [-0.05, 0) is 24.2 Å². The first-order valence-corrected chi connectivity index (χ1v) is 6.55. The summed E-state index contributed by atoms with van der Waals surface area (Å²) in [5.41, 5.74) is 1.85. The van der Waals surface area contributed by atoms with Crippen LogP contribution in [0, 0.1) is 11.3 Å². The summed E-state index contributed by atoms with van der Waals surface area (Å²) in [6.07, 6.45) is 7.81. The molecular weight excluding hydrogens is 180 g/mol. The Balaban J connectivity index is 3.91. The van der Waals surface area contributed by atoms with E-state index in [1.807, 2.05) is 0 Å². The Morgan fingerprint density at radius 2 is 1.80 bits per heavy atom. The van der Waals surface area contributed by atoms with Crippen LogP contribution in [0.3, 0.4) is 0 Å². The molecule has 0 N–H and O–H groups in total. The molecule has 0 bridgehead atoms. The van der Waals surface area contributed by atoms with Crippen LogP contribution in [0.25, 0.3) is 0 Å². The Morgan fingerprint density at radius 1 is 1.20 bits per heavy atom. The van der Waals surface area contributed by atoms with Crippen molar-refractivity contribution in [3.05, 3.63) is 12.2 Å². The van der Waals surface area contributed by atoms with Gasteiger partial charge in [-0.15, -0.1) is 0 Å². The maximum atomic E-state index is 4.24. The minimum Gasteiger partial charge on any atom is -0.0998 e. The van der Waals surface area contributed by atoms with Crippen LogP contribution in [-0.4, -0.2) is 0 Å². The van der Waals surface area contributed by atoms with E-state index < -0.39 is 0 Å². The monoisotopic (exact) mass is 210 g/mol. The Labute approximate surface area is 97.2 Å². The molecule has 0 aromatic rings. The molecule has 0 unspecified atom stereocenters. The maximum absolute atomic E-state index is 4.24. The van der Waals surface area contributed by atoms with Crippen molar-refractivity contribution in [3.63, 3.8) is 0 Å². The van der Waals surface area contributed by atoms with E-state index in [2.05, 4.69) is 41.2 Å². The van der Waals surface area contributed by atoms with Crippen LogP contribution in [0.1, 0.15) is 73.1 Å². The van der Waals surface area contributed by atoms with E-state index in [4.69, 9.17) is 0 Å². The normalized spacial score (nSPS) is 13.9. The number of unbranched alkanes of at least 4 members (excludes halogenated alkanes) is 1. The van der Waals surface area contributed by atoms with E-state index in [0.717, 1.165) is 5.92 Å². The third-order valence-electron chi connectivity index (χ3n) is 2.90. The van der Waals surface area contributed by atoms with Gasteiger partial charge in [0.15, 0.2) is 0 Å². The van der Waals surface area contributed by atoms with Crippen molar-refractivity contribution in [1.82, 2.24) is 0 Å². The highest BCUT2D eigenvalue weighted by atomic mass is 14.2. The van der Waals surface area contributed by atoms with Gasteiger partial charge in [-0.1, -0.05) is 72.5 Å². The van der Waals surface area contributed by atoms with Gasteiger partial charge >= 0.3 is 0 Å². The molecule has 90 valence electrons. The van der Waals surface area contributed by atoms with Gasteiger partial charge in [0.2, 0.25) is 0 Å². The highest BCUT2D eigenvalue weighted by Gasteiger charge is 2.14. The van der Waals surface area contributed by atoms with Crippen LogP contribution in [0.2, 0.25) is 0 Å². The van der Waals surface area contributed by atoms with Gasteiger partial charge in [0.1, 0.15) is 0 Å². The molecule has 0 nitrogen and oxygen atoms in total. The minimum atomic E-state index is 0.403. The van der Waals surface area contributed by atoms with Crippen molar-refractivity contribution in [2.24, 2.45) is 11.3 Å². The lowest BCUT2D eigenvalue weighted by atomic mass is 9.83. The summed E-state index contributed by atoms with van der Waals surface area (Å²) >= 11 is 0. The van der Waals surface area contributed by atoms with Gasteiger partial charge in [0, 0.05) is 0 Å². The zero-order valence-corrected chi connectivity index (χ0v) is 11.5. The van der Waals surface area contributed by atoms with E-state index in [9.17, 15) is 0 Å². The van der Waals surface area contributed by atoms with Gasteiger partial charge in [-0.3, -0.25) is 0 Å². The van der Waals surface area contributed by atoms with E-state index in [0.29, 0.717) is 5.41 Å². The molecule has 0 saturated heterocycles. The first-order valence-electron chi connectivity index (χ1n) is 6.55. The van der Waals surface area contributed by atoms with Crippen molar-refractivity contribution >= 4 is 0 Å². The lowest BCUT2D eigenvalue weighted by molar-refractivity contribution is 0.380. The summed E-state index contributed by atoms with van der Waals surface area (Å²) in [5, 5.41) is 0. The molecule has 0 spiro atoms. The number of hydrogen-bond acceptors (Lipinski definition) is 0. The largest absolute Gasteiger partial charge is 0.0998 e. The quantitative estimate of drug-likeness (QED) is 0.481. The zero-order valence-electron chi connectivity index (χ0n) is 11.5. The third-order valence-corrected chi connectivity index (χ3v) is 2.90. The highest BCUT2D eigenvalue weighted by Crippen LogP contribution is 2.29. The number of hydrogen-bond donors (Lipinski definition) is 0. The fraction of sp³-hybridized carbons (Fsp3) is 0.867. The van der Waals surface area contributed by atoms with Crippen LogP contribution < -0.4 is 0 Å². The average molecular weight is 210 g/mol. The van der Waals surface area contributed by atoms with Gasteiger partial charge in [-0.2, -0.15) is 0 Å². The molecule has 0 aliphatic heterocycles. The Morgan fingerprint density at radius 3 is 2.20 bits per heavy atom. The molecule has 0 aromatic carbocycles. The Kier molecular flexibility index (Phi) is 6.96. The molecule has 0 rings (SSSR count). The summed E-state index contributed by atoms with van der Waals surface area (Å²) in [6, 6.07) is 0. The molecule has 15 heavy (non-hydrogen) atoms. The van der Waals surface area contributed by atoms with E-state index in [1.165, 1.54) is 44.1 Å². The van der Waals surface area contributed by atoms with Gasteiger partial charge < -0.3 is 0 Å². The first kappa shape index (κ1) is 14.7. The first-order chi connectivity index (χ1) is 6.89. The lowest BCUT2D eigenvalue weighted by Crippen LogP contribution is -2.08. The van der Waals surface area contributed by atoms with Gasteiger partial charge in [0.05, 0.1) is 0 Å². The number of allylic oxidation sites excluding steroid dienone is 1. The minimum absolute atomic E-state index is 0.403. The Hall–Kier alpha value is -0.260. The molecule has 0 heterocycles. The van der Waals surface area contributed by atoms with Crippen molar-refractivity contribution in [2.75, 3.05) is 0 Å². The van der Waals surface area contributed by atoms with Gasteiger partial charge in [-0.25, -0.2) is 0 Å². The average Bonchev–Trinajstić information content (AvgIpc) is 2.09. The summed E-state index contributed by atoms with van der Waals surface area (Å²) in [7, 11) is 0. The summed E-state index contributed by atoms with van der Waals surface area (Å²) in [6.45, 7) is 15.7. The standard InChI is InChI=1S/C15H30/c1-7-9-10-14(8-2)11-13(3)12-15(4,5)6/h14H,3,7-12H2,1-2,4-6H3/t14-/m0/s1. The molecule has 0 amide bonds. The Bertz CT molecular complexity index is 171. The summed E-state index contributed by atoms with van der Waals surface area (Å²) < 4.78 is 0. The van der Waals surface area contributed by atoms with Crippen molar-refractivity contribution in [1.29, 1.82) is 0 Å². The van der Waals surface area contributed by atoms with Crippen LogP contribution in [0.4, 0.5) is 0 Å². The van der Waals surface area contributed by atoms with E-state index in [1.54, 1.807) is 0 Å². The lowest BCUT2D eigenvalue weighted by Gasteiger charge is -2.22. The molecule has 0 heteroatoms. The second-order valence-electron chi connectivity index (χ2n) is 6.11. The maximum Gasteiger partial charge on any atom is -0.0274 e. The van der Waals surface area contributed by atoms with Crippen molar-refractivity contribution < 1.29 is 0 Å². The predicted molar refractivity (Wildman–Crippen MR) is 71.1 cm³/mol. The summed E-state index contributed by atoms with van der Waals surface area (Å²) in [4.78, 5) is 0. The predicted octanol–water partition coefficient (Wildman–Crippen LogP) is 5.59. The van der Waals surface area contributed by atoms with Crippen LogP contribution >= 0.6 is 0 Å². The molecule has 0 aliphatic carbocycles. The molecular formula is C15H30. The molecule has 0 aromatic heterocycles. The molecule has 0 aliphatic rings. The molecule has 0 radical (unpaired) electrons. The zero-order chi connectivity index (χ0) is 11.9. The SMILES string of the molecule is C=C(C[C@@H](CC)CCCC)CC(C)(C)C. The van der Waals surface area contributed by atoms with E-state index in [-0.39, 0.29) is 0 Å². The smallest absolute Gasteiger partial charge is 0.0274 e. The topological polar surface area (TPSA) is 0 Å². The molecule has 1 atom stereocenters. The van der Waals surface area contributed by atoms with E-state index >= 15 is 0 Å². The molecule has 0 fully saturated rings. The fourth-order valence-electron chi connectivity index (χ4n) is 2.17. The summed E-state index contributed by atoms with van der Waals surface area (Å²) in [5.74, 6) is 0.875. The van der Waals surface area contributed by atoms with Crippen LogP contribution in [0.5, 0.6) is 0 Å². The van der Waals surface area contributed by atoms with Crippen molar-refractivity contribution in [2.45, 2.75) is 73.1 Å².